The summed E-state index contributed by atoms with van der Waals surface area (Å²) in [6.45, 7) is 4.77. The van der Waals surface area contributed by atoms with E-state index in [1.165, 1.54) is 31.2 Å². The van der Waals surface area contributed by atoms with E-state index in [0.717, 1.165) is 19.2 Å². The average Bonchev–Trinajstić information content (AvgIpc) is 2.39. The summed E-state index contributed by atoms with van der Waals surface area (Å²) in [5.41, 5.74) is -3.48. The summed E-state index contributed by atoms with van der Waals surface area (Å²) < 4.78 is 49.5. The lowest BCUT2D eigenvalue weighted by Gasteiger charge is -2.32. The second kappa shape index (κ2) is 6.09. The van der Waals surface area contributed by atoms with Crippen molar-refractivity contribution in [2.24, 2.45) is 0 Å². The van der Waals surface area contributed by atoms with Gasteiger partial charge < -0.3 is 9.47 Å². The Morgan fingerprint density at radius 1 is 1.30 bits per heavy atom. The van der Waals surface area contributed by atoms with Crippen LogP contribution < -0.4 is 0 Å². The fourth-order valence-electron chi connectivity index (χ4n) is 1.69. The number of ether oxygens (including phenoxy) is 2. The van der Waals surface area contributed by atoms with Gasteiger partial charge in [0.15, 0.2) is 0 Å². The van der Waals surface area contributed by atoms with Crippen LogP contribution in [0.25, 0.3) is 0 Å². The normalized spacial score (nSPS) is 16.1. The minimum Gasteiger partial charge on any atom is -0.456 e. The molecule has 0 spiro atoms. The third kappa shape index (κ3) is 2.85. The maximum absolute atomic E-state index is 13.4. The summed E-state index contributed by atoms with van der Waals surface area (Å²) in [6, 6.07) is 6.64. The molecular formula is C14H15F3O3. The van der Waals surface area contributed by atoms with Crippen molar-refractivity contribution < 1.29 is 27.4 Å². The van der Waals surface area contributed by atoms with E-state index in [9.17, 15) is 18.0 Å². The Hall–Kier alpha value is -1.82. The maximum Gasteiger partial charge on any atom is 0.432 e. The van der Waals surface area contributed by atoms with Gasteiger partial charge in [-0.25, -0.2) is 4.79 Å². The first kappa shape index (κ1) is 16.2. The molecule has 0 saturated carbocycles. The lowest BCUT2D eigenvalue weighted by atomic mass is 9.92. The van der Waals surface area contributed by atoms with Crippen molar-refractivity contribution in [1.29, 1.82) is 0 Å². The molecule has 1 aromatic carbocycles. The zero-order chi connectivity index (χ0) is 15.4. The Morgan fingerprint density at radius 2 is 1.85 bits per heavy atom. The summed E-state index contributed by atoms with van der Waals surface area (Å²) in [4.78, 5) is 12.0. The molecule has 0 amide bonds. The molecule has 0 aliphatic rings. The van der Waals surface area contributed by atoms with E-state index < -0.39 is 23.9 Å². The Morgan fingerprint density at radius 3 is 2.25 bits per heavy atom. The molecular weight excluding hydrogens is 273 g/mol. The summed E-state index contributed by atoms with van der Waals surface area (Å²) in [5, 5.41) is 0. The first-order valence-electron chi connectivity index (χ1n) is 5.80. The van der Waals surface area contributed by atoms with E-state index in [-0.39, 0.29) is 5.56 Å². The van der Waals surface area contributed by atoms with E-state index in [2.05, 4.69) is 11.3 Å². The van der Waals surface area contributed by atoms with E-state index in [1.807, 2.05) is 0 Å². The van der Waals surface area contributed by atoms with Gasteiger partial charge in [0.05, 0.1) is 0 Å². The van der Waals surface area contributed by atoms with E-state index in [1.54, 1.807) is 0 Å². The molecule has 1 rings (SSSR count). The number of esters is 1. The van der Waals surface area contributed by atoms with Crippen molar-refractivity contribution in [2.75, 3.05) is 7.11 Å². The quantitative estimate of drug-likeness (QED) is 0.616. The minimum atomic E-state index is -4.96. The lowest BCUT2D eigenvalue weighted by molar-refractivity contribution is -0.277. The largest absolute Gasteiger partial charge is 0.456 e. The van der Waals surface area contributed by atoms with E-state index >= 15 is 0 Å². The van der Waals surface area contributed by atoms with Crippen LogP contribution in [0.15, 0.2) is 43.0 Å². The van der Waals surface area contributed by atoms with Crippen molar-refractivity contribution in [3.63, 3.8) is 0 Å². The Labute approximate surface area is 115 Å². The van der Waals surface area contributed by atoms with Gasteiger partial charge >= 0.3 is 12.1 Å². The van der Waals surface area contributed by atoms with Gasteiger partial charge in [-0.1, -0.05) is 43.0 Å². The zero-order valence-electron chi connectivity index (χ0n) is 11.1. The molecule has 0 bridgehead atoms. The second-order valence-electron chi connectivity index (χ2n) is 4.10. The molecule has 1 unspecified atom stereocenters. The molecule has 0 aliphatic carbocycles. The van der Waals surface area contributed by atoms with Crippen LogP contribution in [0.3, 0.4) is 0 Å². The van der Waals surface area contributed by atoms with Crippen molar-refractivity contribution in [1.82, 2.24) is 0 Å². The Bertz CT molecular complexity index is 470. The molecule has 110 valence electrons. The van der Waals surface area contributed by atoms with Crippen LogP contribution in [0, 0.1) is 0 Å². The predicted molar refractivity (Wildman–Crippen MR) is 66.9 cm³/mol. The van der Waals surface area contributed by atoms with Crippen LogP contribution in [0.5, 0.6) is 0 Å². The molecule has 0 saturated heterocycles. The number of methoxy groups -OCH3 is 1. The highest BCUT2D eigenvalue weighted by atomic mass is 19.4. The molecule has 2 atom stereocenters. The molecule has 0 radical (unpaired) electrons. The van der Waals surface area contributed by atoms with Crippen LogP contribution in [-0.2, 0) is 19.9 Å². The van der Waals surface area contributed by atoms with Gasteiger partial charge in [-0.15, -0.1) is 0 Å². The highest BCUT2D eigenvalue weighted by molar-refractivity contribution is 5.83. The highest BCUT2D eigenvalue weighted by Crippen LogP contribution is 2.43. The molecule has 6 heteroatoms. The fraction of sp³-hybridized carbons (Fsp3) is 0.357. The lowest BCUT2D eigenvalue weighted by Crippen LogP contribution is -2.52. The van der Waals surface area contributed by atoms with Gasteiger partial charge in [-0.3, -0.25) is 0 Å². The van der Waals surface area contributed by atoms with Gasteiger partial charge in [0, 0.05) is 12.7 Å². The van der Waals surface area contributed by atoms with Crippen molar-refractivity contribution >= 4 is 5.97 Å². The summed E-state index contributed by atoms with van der Waals surface area (Å²) in [5.74, 6) is -1.52. The van der Waals surface area contributed by atoms with Gasteiger partial charge in [0.25, 0.3) is 5.60 Å². The van der Waals surface area contributed by atoms with Gasteiger partial charge in [-0.2, -0.15) is 13.2 Å². The second-order valence-corrected chi connectivity index (χ2v) is 4.10. The number of carbonyl (C=O) groups is 1. The minimum absolute atomic E-state index is 0.337. The van der Waals surface area contributed by atoms with Crippen molar-refractivity contribution in [3.05, 3.63) is 48.6 Å². The van der Waals surface area contributed by atoms with Crippen LogP contribution >= 0.6 is 0 Å². The Kier molecular flexibility index (Phi) is 4.94. The molecule has 0 heterocycles. The first-order valence-corrected chi connectivity index (χ1v) is 5.80. The molecule has 0 N–H and O–H groups in total. The number of rotatable bonds is 5. The molecule has 0 aromatic heterocycles. The van der Waals surface area contributed by atoms with Gasteiger partial charge in [0.2, 0.25) is 0 Å². The third-order valence-electron chi connectivity index (χ3n) is 2.80. The monoisotopic (exact) mass is 288 g/mol. The number of halogens is 3. The average molecular weight is 288 g/mol. The first-order chi connectivity index (χ1) is 9.29. The van der Waals surface area contributed by atoms with Gasteiger partial charge in [0.1, 0.15) is 6.10 Å². The number of hydrogen-bond donors (Lipinski definition) is 0. The predicted octanol–water partition coefficient (Wildman–Crippen LogP) is 3.21. The van der Waals surface area contributed by atoms with Gasteiger partial charge in [-0.05, 0) is 6.92 Å². The summed E-state index contributed by atoms with van der Waals surface area (Å²) >= 11 is 0. The van der Waals surface area contributed by atoms with Crippen molar-refractivity contribution in [3.8, 4) is 0 Å². The van der Waals surface area contributed by atoms with E-state index in [0.29, 0.717) is 0 Å². The maximum atomic E-state index is 13.4. The molecule has 3 nitrogen and oxygen atoms in total. The topological polar surface area (TPSA) is 35.5 Å². The van der Waals surface area contributed by atoms with E-state index in [4.69, 9.17) is 4.74 Å². The third-order valence-corrected chi connectivity index (χ3v) is 2.80. The summed E-state index contributed by atoms with van der Waals surface area (Å²) in [7, 11) is 0.820. The number of carbonyl (C=O) groups excluding carboxylic acids is 1. The number of alkyl halides is 3. The standard InChI is InChI=1S/C14H15F3O3/c1-4-10(2)20-12(18)13(19-3,14(15,16)17)11-8-6-5-7-9-11/h4-10H,1H2,2-3H3/t10?,13-/m1/s1. The molecule has 20 heavy (non-hydrogen) atoms. The number of hydrogen-bond acceptors (Lipinski definition) is 3. The van der Waals surface area contributed by atoms with Crippen LogP contribution in [0.1, 0.15) is 12.5 Å². The molecule has 0 aliphatic heterocycles. The Balaban J connectivity index is 3.34. The smallest absolute Gasteiger partial charge is 0.432 e. The SMILES string of the molecule is C=CC(C)OC(=O)[C@](OC)(c1ccccc1)C(F)(F)F. The van der Waals surface area contributed by atoms with Crippen LogP contribution in [0.4, 0.5) is 13.2 Å². The fourth-order valence-corrected chi connectivity index (χ4v) is 1.69. The summed E-state index contributed by atoms with van der Waals surface area (Å²) in [6.07, 6.45) is -4.59. The molecule has 1 aromatic rings. The number of benzene rings is 1. The van der Waals surface area contributed by atoms with Crippen LogP contribution in [-0.4, -0.2) is 25.4 Å². The molecule has 0 fully saturated rings. The van der Waals surface area contributed by atoms with Crippen molar-refractivity contribution in [2.45, 2.75) is 24.8 Å². The highest BCUT2D eigenvalue weighted by Gasteiger charge is 2.64. The van der Waals surface area contributed by atoms with Crippen LogP contribution in [0.2, 0.25) is 0 Å². The zero-order valence-corrected chi connectivity index (χ0v) is 11.1.